The fraction of sp³-hybridized carbons (Fsp3) is 0.208. The van der Waals surface area contributed by atoms with E-state index < -0.39 is 5.97 Å². The molecule has 1 saturated carbocycles. The number of ether oxygens (including phenoxy) is 1. The number of halogens is 1. The van der Waals surface area contributed by atoms with Crippen molar-refractivity contribution >= 4 is 28.6 Å². The van der Waals surface area contributed by atoms with E-state index in [0.717, 1.165) is 22.4 Å². The van der Waals surface area contributed by atoms with E-state index in [9.17, 15) is 14.7 Å². The quantitative estimate of drug-likeness (QED) is 0.403. The Balaban J connectivity index is 0.00000162. The van der Waals surface area contributed by atoms with Crippen LogP contribution in [-0.2, 0) is 18.4 Å². The molecule has 8 nitrogen and oxygen atoms in total. The van der Waals surface area contributed by atoms with Crippen molar-refractivity contribution < 1.29 is 49.7 Å². The zero-order chi connectivity index (χ0) is 22.4. The molecular weight excluding hydrogens is 469 g/mol. The Hall–Kier alpha value is -2.62. The van der Waals surface area contributed by atoms with Crippen LogP contribution >= 0.6 is 11.6 Å². The number of fused-ring (bicyclic) bond motifs is 1. The van der Waals surface area contributed by atoms with Crippen LogP contribution in [0.25, 0.3) is 16.7 Å². The van der Waals surface area contributed by atoms with Crippen molar-refractivity contribution in [3.8, 4) is 11.4 Å². The van der Waals surface area contributed by atoms with Crippen molar-refractivity contribution in [2.75, 3.05) is 0 Å². The van der Waals surface area contributed by atoms with Gasteiger partial charge in [-0.25, -0.2) is 4.98 Å². The van der Waals surface area contributed by atoms with Crippen LogP contribution in [0.15, 0.2) is 65.6 Å². The van der Waals surface area contributed by atoms with Gasteiger partial charge in [0.2, 0.25) is 0 Å². The van der Waals surface area contributed by atoms with Gasteiger partial charge in [0.1, 0.15) is 18.2 Å². The van der Waals surface area contributed by atoms with E-state index in [0.29, 0.717) is 29.5 Å². The molecule has 2 unspecified atom stereocenters. The van der Waals surface area contributed by atoms with Crippen molar-refractivity contribution in [2.24, 2.45) is 13.0 Å². The average Bonchev–Trinajstić information content (AvgIpc) is 3.52. The van der Waals surface area contributed by atoms with Gasteiger partial charge in [-0.1, -0.05) is 23.7 Å². The van der Waals surface area contributed by atoms with E-state index in [-0.39, 0.29) is 52.4 Å². The molecule has 170 valence electrons. The molecule has 0 bridgehead atoms. The number of pyridine rings is 1. The van der Waals surface area contributed by atoms with Crippen LogP contribution in [0.5, 0.6) is 5.75 Å². The Morgan fingerprint density at radius 2 is 1.91 bits per heavy atom. The minimum atomic E-state index is -0.785. The second-order valence-corrected chi connectivity index (χ2v) is 8.41. The predicted molar refractivity (Wildman–Crippen MR) is 123 cm³/mol. The van der Waals surface area contributed by atoms with Crippen LogP contribution in [-0.4, -0.2) is 30.7 Å². The van der Waals surface area contributed by atoms with Crippen LogP contribution < -0.4 is 39.9 Å². The third-order valence-corrected chi connectivity index (χ3v) is 6.08. The second kappa shape index (κ2) is 10.3. The van der Waals surface area contributed by atoms with Crippen LogP contribution in [0, 0.1) is 5.92 Å². The third kappa shape index (κ3) is 5.06. The third-order valence-electron chi connectivity index (χ3n) is 5.83. The number of imidazole rings is 1. The summed E-state index contributed by atoms with van der Waals surface area (Å²) in [5.41, 5.74) is 3.07. The van der Waals surface area contributed by atoms with Gasteiger partial charge < -0.3 is 19.9 Å². The normalized spacial score (nSPS) is 16.4. The van der Waals surface area contributed by atoms with E-state index in [1.165, 1.54) is 6.07 Å². The standard InChI is InChI=1S/C24H20ClN3O4.Na.H2O/c1-27-21-10-16(6-7-20(21)26-23(27)18-12-19(18)24(30)31)28-9-8-17(11-22(28)29)32-13-14-2-4-15(25)5-3-14;;/h2-11,18-19H,12-13H2,1H3,(H,30,31);;1H2/q;+1;/p-1. The number of benzene rings is 2. The van der Waals surface area contributed by atoms with Gasteiger partial charge in [0.15, 0.2) is 0 Å². The van der Waals surface area contributed by atoms with Crippen molar-refractivity contribution in [3.63, 3.8) is 0 Å². The molecule has 5 rings (SSSR count). The fourth-order valence-electron chi connectivity index (χ4n) is 3.94. The molecule has 2 aromatic carbocycles. The molecule has 0 amide bonds. The summed E-state index contributed by atoms with van der Waals surface area (Å²) in [6.07, 6.45) is 2.29. The smallest absolute Gasteiger partial charge is 0.870 e. The van der Waals surface area contributed by atoms with E-state index in [4.69, 9.17) is 16.3 Å². The van der Waals surface area contributed by atoms with Crippen molar-refractivity contribution in [3.05, 3.63) is 87.6 Å². The van der Waals surface area contributed by atoms with Gasteiger partial charge in [-0.2, -0.15) is 0 Å². The number of aryl methyl sites for hydroxylation is 1. The maximum Gasteiger partial charge on any atom is 1.00 e. The van der Waals surface area contributed by atoms with E-state index in [1.54, 1.807) is 29.0 Å². The van der Waals surface area contributed by atoms with Gasteiger partial charge >= 0.3 is 35.5 Å². The van der Waals surface area contributed by atoms with Crippen LogP contribution in [0.2, 0.25) is 5.02 Å². The molecule has 0 radical (unpaired) electrons. The second-order valence-electron chi connectivity index (χ2n) is 7.97. The zero-order valence-electron chi connectivity index (χ0n) is 18.7. The molecular formula is C24H21ClN3NaO5. The molecule has 0 saturated heterocycles. The van der Waals surface area contributed by atoms with E-state index in [2.05, 4.69) is 4.98 Å². The summed E-state index contributed by atoms with van der Waals surface area (Å²) < 4.78 is 9.20. The summed E-state index contributed by atoms with van der Waals surface area (Å²) >= 11 is 5.90. The van der Waals surface area contributed by atoms with Gasteiger partial charge in [-0.15, -0.1) is 0 Å². The molecule has 10 heteroatoms. The maximum atomic E-state index is 12.7. The molecule has 34 heavy (non-hydrogen) atoms. The molecule has 2 aromatic heterocycles. The predicted octanol–water partition coefficient (Wildman–Crippen LogP) is 0.972. The Morgan fingerprint density at radius 1 is 1.18 bits per heavy atom. The summed E-state index contributed by atoms with van der Waals surface area (Å²) in [7, 11) is 1.88. The molecule has 1 fully saturated rings. The summed E-state index contributed by atoms with van der Waals surface area (Å²) in [5.74, 6) is 0.0372. The molecule has 0 aliphatic heterocycles. The maximum absolute atomic E-state index is 12.7. The minimum Gasteiger partial charge on any atom is -0.870 e. The number of rotatable bonds is 6. The number of carbonyl (C=O) groups is 1. The number of aromatic nitrogens is 3. The summed E-state index contributed by atoms with van der Waals surface area (Å²) in [5, 5.41) is 9.88. The molecule has 2 atom stereocenters. The number of carboxylic acid groups (broad SMARTS) is 1. The summed E-state index contributed by atoms with van der Waals surface area (Å²) in [6, 6.07) is 16.1. The molecule has 4 aromatic rings. The Morgan fingerprint density at radius 3 is 2.56 bits per heavy atom. The first-order chi connectivity index (χ1) is 15.4. The van der Waals surface area contributed by atoms with Gasteiger partial charge in [0.05, 0.1) is 22.6 Å². The minimum absolute atomic E-state index is 0. The van der Waals surface area contributed by atoms with E-state index in [1.807, 2.05) is 41.9 Å². The number of hydrogen-bond donors (Lipinski definition) is 1. The molecule has 0 spiro atoms. The largest absolute Gasteiger partial charge is 1.00 e. The van der Waals surface area contributed by atoms with Crippen LogP contribution in [0.4, 0.5) is 0 Å². The van der Waals surface area contributed by atoms with Gasteiger partial charge in [0, 0.05) is 30.3 Å². The molecule has 1 aliphatic rings. The Kier molecular flexibility index (Phi) is 7.90. The van der Waals surface area contributed by atoms with Gasteiger partial charge in [0.25, 0.3) is 5.56 Å². The Labute approximate surface area is 222 Å². The molecule has 2 heterocycles. The topological polar surface area (TPSA) is 116 Å². The van der Waals surface area contributed by atoms with Crippen molar-refractivity contribution in [2.45, 2.75) is 18.9 Å². The van der Waals surface area contributed by atoms with Gasteiger partial charge in [-0.3, -0.25) is 14.2 Å². The fourth-order valence-corrected chi connectivity index (χ4v) is 4.07. The first kappa shape index (κ1) is 26.0. The average molecular weight is 490 g/mol. The summed E-state index contributed by atoms with van der Waals surface area (Å²) in [4.78, 5) is 28.6. The number of nitrogens with zero attached hydrogens (tertiary/aromatic N) is 3. The molecule has 2 N–H and O–H groups in total. The van der Waals surface area contributed by atoms with Crippen LogP contribution in [0.1, 0.15) is 23.7 Å². The number of hydrogen-bond acceptors (Lipinski definition) is 5. The van der Waals surface area contributed by atoms with E-state index >= 15 is 0 Å². The van der Waals surface area contributed by atoms with Gasteiger partial charge in [-0.05, 0) is 48.4 Å². The molecule has 1 aliphatic carbocycles. The first-order valence-corrected chi connectivity index (χ1v) is 10.6. The number of aliphatic carboxylic acids is 1. The monoisotopic (exact) mass is 489 g/mol. The van der Waals surface area contributed by atoms with Crippen molar-refractivity contribution in [1.82, 2.24) is 14.1 Å². The summed E-state index contributed by atoms with van der Waals surface area (Å²) in [6.45, 7) is 0.336. The van der Waals surface area contributed by atoms with Crippen LogP contribution in [0.3, 0.4) is 0 Å². The number of carboxylic acids is 1. The SMILES string of the molecule is Cn1c(C2CC2C(=O)O)nc2ccc(-n3ccc(OCc4ccc(Cl)cc4)cc3=O)cc21.[Na+].[OH-]. The zero-order valence-corrected chi connectivity index (χ0v) is 21.4. The first-order valence-electron chi connectivity index (χ1n) is 10.2. The Bertz CT molecular complexity index is 1400. The van der Waals surface area contributed by atoms with Crippen molar-refractivity contribution in [1.29, 1.82) is 0 Å².